The van der Waals surface area contributed by atoms with Crippen molar-refractivity contribution in [3.8, 4) is 0 Å². The van der Waals surface area contributed by atoms with Crippen molar-refractivity contribution in [3.63, 3.8) is 0 Å². The maximum absolute atomic E-state index is 10.6. The van der Waals surface area contributed by atoms with E-state index in [4.69, 9.17) is 5.11 Å². The van der Waals surface area contributed by atoms with Crippen LogP contribution in [0.25, 0.3) is 10.2 Å². The number of thiophene rings is 1. The summed E-state index contributed by atoms with van der Waals surface area (Å²) in [7, 11) is 0. The third-order valence-corrected chi connectivity index (χ3v) is 5.11. The number of carboxylic acid groups (broad SMARTS) is 1. The molecule has 2 N–H and O–H groups in total. The van der Waals surface area contributed by atoms with Crippen molar-refractivity contribution in [2.75, 3.05) is 11.9 Å². The van der Waals surface area contributed by atoms with Gasteiger partial charge in [-0.25, -0.2) is 9.97 Å². The van der Waals surface area contributed by atoms with Crippen LogP contribution in [0.15, 0.2) is 6.33 Å². The van der Waals surface area contributed by atoms with E-state index in [1.54, 1.807) is 17.7 Å². The van der Waals surface area contributed by atoms with Gasteiger partial charge in [0.2, 0.25) is 0 Å². The molecule has 0 bridgehead atoms. The zero-order chi connectivity index (χ0) is 14.8. The fraction of sp³-hybridized carbons (Fsp3) is 0.533. The molecule has 0 aliphatic heterocycles. The number of nitrogens with zero attached hydrogens (tertiary/aromatic N) is 2. The molecular weight excluding hydrogens is 286 g/mol. The second-order valence-corrected chi connectivity index (χ2v) is 6.76. The Kier molecular flexibility index (Phi) is 4.05. The second-order valence-electron chi connectivity index (χ2n) is 5.68. The maximum atomic E-state index is 10.6. The number of anilines is 1. The maximum Gasteiger partial charge on any atom is 0.303 e. The van der Waals surface area contributed by atoms with Gasteiger partial charge >= 0.3 is 5.97 Å². The Hall–Kier alpha value is -1.69. The van der Waals surface area contributed by atoms with Crippen LogP contribution in [0.1, 0.15) is 36.6 Å². The molecule has 0 amide bonds. The first-order valence-electron chi connectivity index (χ1n) is 7.36. The smallest absolute Gasteiger partial charge is 0.303 e. The topological polar surface area (TPSA) is 75.1 Å². The van der Waals surface area contributed by atoms with E-state index < -0.39 is 5.97 Å². The van der Waals surface area contributed by atoms with Gasteiger partial charge < -0.3 is 10.4 Å². The van der Waals surface area contributed by atoms with Crippen molar-refractivity contribution < 1.29 is 9.90 Å². The number of aliphatic carboxylic acids is 1. The number of fused-ring (bicyclic) bond motifs is 3. The molecule has 0 saturated carbocycles. The summed E-state index contributed by atoms with van der Waals surface area (Å²) >= 11 is 1.78. The highest BCUT2D eigenvalue weighted by atomic mass is 32.1. The summed E-state index contributed by atoms with van der Waals surface area (Å²) in [5.41, 5.74) is 1.40. The van der Waals surface area contributed by atoms with Crippen molar-refractivity contribution in [2.45, 2.75) is 39.0 Å². The van der Waals surface area contributed by atoms with Crippen LogP contribution in [-0.4, -0.2) is 27.6 Å². The summed E-state index contributed by atoms with van der Waals surface area (Å²) < 4.78 is 0. The predicted octanol–water partition coefficient (Wildman–Crippen LogP) is 3.09. The van der Waals surface area contributed by atoms with Crippen LogP contribution in [0.4, 0.5) is 5.82 Å². The summed E-state index contributed by atoms with van der Waals surface area (Å²) in [5, 5.41) is 13.1. The zero-order valence-corrected chi connectivity index (χ0v) is 12.9. The molecule has 1 aliphatic carbocycles. The van der Waals surface area contributed by atoms with E-state index in [-0.39, 0.29) is 6.42 Å². The molecule has 0 saturated heterocycles. The number of rotatable bonds is 5. The Labute approximate surface area is 127 Å². The number of carboxylic acids is 1. The minimum atomic E-state index is -0.758. The highest BCUT2D eigenvalue weighted by Crippen LogP contribution is 2.39. The Balaban J connectivity index is 1.84. The van der Waals surface area contributed by atoms with E-state index in [1.807, 2.05) is 0 Å². The number of carbonyl (C=O) groups is 1. The fourth-order valence-electron chi connectivity index (χ4n) is 2.86. The van der Waals surface area contributed by atoms with Crippen molar-refractivity contribution in [3.05, 3.63) is 16.8 Å². The molecule has 0 spiro atoms. The minimum absolute atomic E-state index is 0.181. The quantitative estimate of drug-likeness (QED) is 0.830. The molecule has 1 aliphatic rings. The number of nitrogens with one attached hydrogen (secondary N) is 1. The van der Waals surface area contributed by atoms with Crippen LogP contribution < -0.4 is 5.32 Å². The molecule has 0 radical (unpaired) electrons. The van der Waals surface area contributed by atoms with E-state index in [2.05, 4.69) is 22.2 Å². The lowest BCUT2D eigenvalue weighted by atomic mass is 9.89. The van der Waals surface area contributed by atoms with Crippen molar-refractivity contribution >= 4 is 33.3 Å². The van der Waals surface area contributed by atoms with Gasteiger partial charge in [0.05, 0.1) is 5.39 Å². The molecule has 3 rings (SSSR count). The normalized spacial score (nSPS) is 17.7. The SMILES string of the molecule is CC1CCc2c(sc3ncnc(NCCCC(=O)O)c23)C1. The van der Waals surface area contributed by atoms with Gasteiger partial charge in [-0.1, -0.05) is 6.92 Å². The molecular formula is C15H19N3O2S. The number of hydrogen-bond acceptors (Lipinski definition) is 5. The van der Waals surface area contributed by atoms with E-state index in [0.29, 0.717) is 13.0 Å². The van der Waals surface area contributed by atoms with Crippen LogP contribution in [0.5, 0.6) is 0 Å². The highest BCUT2D eigenvalue weighted by molar-refractivity contribution is 7.19. The molecule has 1 unspecified atom stereocenters. The van der Waals surface area contributed by atoms with E-state index in [0.717, 1.165) is 34.8 Å². The second kappa shape index (κ2) is 5.97. The average molecular weight is 305 g/mol. The van der Waals surface area contributed by atoms with E-state index in [9.17, 15) is 4.79 Å². The third-order valence-electron chi connectivity index (χ3n) is 3.95. The van der Waals surface area contributed by atoms with E-state index in [1.165, 1.54) is 16.9 Å². The van der Waals surface area contributed by atoms with Crippen LogP contribution in [0, 0.1) is 5.92 Å². The van der Waals surface area contributed by atoms with Gasteiger partial charge in [0, 0.05) is 17.8 Å². The monoisotopic (exact) mass is 305 g/mol. The van der Waals surface area contributed by atoms with Gasteiger partial charge in [-0.3, -0.25) is 4.79 Å². The first-order valence-corrected chi connectivity index (χ1v) is 8.17. The summed E-state index contributed by atoms with van der Waals surface area (Å²) in [4.78, 5) is 21.8. The molecule has 112 valence electrons. The van der Waals surface area contributed by atoms with Crippen LogP contribution >= 0.6 is 11.3 Å². The van der Waals surface area contributed by atoms with Crippen molar-refractivity contribution in [1.82, 2.24) is 9.97 Å². The summed E-state index contributed by atoms with van der Waals surface area (Å²) in [6, 6.07) is 0. The number of aromatic nitrogens is 2. The molecule has 2 aromatic heterocycles. The van der Waals surface area contributed by atoms with Gasteiger partial charge in [-0.05, 0) is 37.2 Å². The first kappa shape index (κ1) is 14.3. The highest BCUT2D eigenvalue weighted by Gasteiger charge is 2.22. The number of aryl methyl sites for hydroxylation is 1. The molecule has 2 aromatic rings. The summed E-state index contributed by atoms with van der Waals surface area (Å²) in [6.07, 6.45) is 5.81. The minimum Gasteiger partial charge on any atom is -0.481 e. The van der Waals surface area contributed by atoms with Gasteiger partial charge in [0.25, 0.3) is 0 Å². The molecule has 21 heavy (non-hydrogen) atoms. The van der Waals surface area contributed by atoms with Gasteiger partial charge in [0.15, 0.2) is 0 Å². The first-order chi connectivity index (χ1) is 10.1. The summed E-state index contributed by atoms with van der Waals surface area (Å²) in [6.45, 7) is 2.92. The fourth-order valence-corrected chi connectivity index (χ4v) is 4.21. The standard InChI is InChI=1S/C15H19N3O2S/c1-9-4-5-10-11(7-9)21-15-13(10)14(17-8-18-15)16-6-2-3-12(19)20/h8-9H,2-7H2,1H3,(H,19,20)(H,16,17,18). The Morgan fingerprint density at radius 2 is 2.38 bits per heavy atom. The number of hydrogen-bond donors (Lipinski definition) is 2. The van der Waals surface area contributed by atoms with Crippen molar-refractivity contribution in [2.24, 2.45) is 5.92 Å². The van der Waals surface area contributed by atoms with Crippen molar-refractivity contribution in [1.29, 1.82) is 0 Å². The third kappa shape index (κ3) is 3.00. The Morgan fingerprint density at radius 1 is 1.52 bits per heavy atom. The van der Waals surface area contributed by atoms with Crippen LogP contribution in [0.3, 0.4) is 0 Å². The zero-order valence-electron chi connectivity index (χ0n) is 12.1. The Morgan fingerprint density at radius 3 is 3.19 bits per heavy atom. The lowest BCUT2D eigenvalue weighted by molar-refractivity contribution is -0.137. The molecule has 6 heteroatoms. The van der Waals surface area contributed by atoms with E-state index >= 15 is 0 Å². The molecule has 0 aromatic carbocycles. The van der Waals surface area contributed by atoms with Gasteiger partial charge in [-0.15, -0.1) is 11.3 Å². The largest absolute Gasteiger partial charge is 0.481 e. The lowest BCUT2D eigenvalue weighted by Crippen LogP contribution is -2.10. The van der Waals surface area contributed by atoms with Crippen LogP contribution in [0.2, 0.25) is 0 Å². The van der Waals surface area contributed by atoms with Gasteiger partial charge in [0.1, 0.15) is 17.0 Å². The lowest BCUT2D eigenvalue weighted by Gasteiger charge is -2.18. The van der Waals surface area contributed by atoms with Crippen LogP contribution in [-0.2, 0) is 17.6 Å². The molecule has 1 atom stereocenters. The molecule has 0 fully saturated rings. The average Bonchev–Trinajstić information content (AvgIpc) is 2.81. The predicted molar refractivity (Wildman–Crippen MR) is 84.0 cm³/mol. The molecule has 5 nitrogen and oxygen atoms in total. The summed E-state index contributed by atoms with van der Waals surface area (Å²) in [5.74, 6) is 0.842. The molecule has 2 heterocycles. The van der Waals surface area contributed by atoms with Gasteiger partial charge in [-0.2, -0.15) is 0 Å². The Bertz CT molecular complexity index is 668.